The number of alkyl halides is 3. The molecule has 1 heterocycles. The first-order valence-corrected chi connectivity index (χ1v) is 9.94. The first kappa shape index (κ1) is 23.0. The number of aromatic amines is 1. The van der Waals surface area contributed by atoms with Gasteiger partial charge in [-0.3, -0.25) is 9.59 Å². The number of amides is 2. The molecule has 0 unspecified atom stereocenters. The largest absolute Gasteiger partial charge is 0.417 e. The van der Waals surface area contributed by atoms with Crippen molar-refractivity contribution in [1.29, 1.82) is 0 Å². The smallest absolute Gasteiger partial charge is 0.359 e. The number of anilines is 1. The van der Waals surface area contributed by atoms with Gasteiger partial charge in [-0.15, -0.1) is 0 Å². The highest BCUT2D eigenvalue weighted by Crippen LogP contribution is 2.36. The molecule has 0 aliphatic rings. The van der Waals surface area contributed by atoms with Gasteiger partial charge >= 0.3 is 18.0 Å². The van der Waals surface area contributed by atoms with Gasteiger partial charge in [-0.25, -0.2) is 8.78 Å². The molecule has 4 aromatic rings. The number of carbonyl (C=O) groups is 2. The fraction of sp³-hybridized carbons (Fsp3) is 0.0833. The van der Waals surface area contributed by atoms with Crippen LogP contribution in [-0.4, -0.2) is 16.8 Å². The molecule has 10 heteroatoms. The molecule has 0 aliphatic carbocycles. The van der Waals surface area contributed by atoms with Gasteiger partial charge in [-0.1, -0.05) is 42.5 Å². The highest BCUT2D eigenvalue weighted by molar-refractivity contribution is 6.40. The van der Waals surface area contributed by atoms with Crippen molar-refractivity contribution in [2.45, 2.75) is 12.7 Å². The van der Waals surface area contributed by atoms with Crippen LogP contribution in [-0.2, 0) is 22.3 Å². The molecule has 0 bridgehead atoms. The van der Waals surface area contributed by atoms with Crippen LogP contribution in [0.4, 0.5) is 27.6 Å². The van der Waals surface area contributed by atoms with E-state index in [1.54, 1.807) is 0 Å². The maximum absolute atomic E-state index is 13.5. The second kappa shape index (κ2) is 8.97. The number of benzene rings is 3. The molecule has 0 aliphatic heterocycles. The third-order valence-corrected chi connectivity index (χ3v) is 5.13. The molecule has 0 atom stereocenters. The van der Waals surface area contributed by atoms with Crippen molar-refractivity contribution in [3.8, 4) is 11.1 Å². The quantitative estimate of drug-likeness (QED) is 0.275. The third-order valence-electron chi connectivity index (χ3n) is 5.13. The molecule has 3 aromatic carbocycles. The Morgan fingerprint density at radius 2 is 1.56 bits per heavy atom. The summed E-state index contributed by atoms with van der Waals surface area (Å²) in [6.07, 6.45) is -3.20. The fourth-order valence-electron chi connectivity index (χ4n) is 3.45. The summed E-state index contributed by atoms with van der Waals surface area (Å²) in [6.45, 7) is -0.0544. The number of halogens is 5. The lowest BCUT2D eigenvalue weighted by atomic mass is 9.98. The molecule has 3 N–H and O–H groups in total. The number of hydrogen-bond acceptors (Lipinski definition) is 2. The number of aromatic nitrogens is 1. The van der Waals surface area contributed by atoms with E-state index in [1.165, 1.54) is 48.7 Å². The van der Waals surface area contributed by atoms with Gasteiger partial charge in [0.25, 0.3) is 0 Å². The predicted molar refractivity (Wildman–Crippen MR) is 116 cm³/mol. The predicted octanol–water partition coefficient (Wildman–Crippen LogP) is 5.39. The Hall–Kier alpha value is -4.21. The van der Waals surface area contributed by atoms with Crippen LogP contribution in [0.15, 0.2) is 66.9 Å². The summed E-state index contributed by atoms with van der Waals surface area (Å²) in [4.78, 5) is 27.0. The molecular formula is C24H16F5N3O2. The summed E-state index contributed by atoms with van der Waals surface area (Å²) in [5, 5.41) is 4.91. The Morgan fingerprint density at radius 1 is 0.882 bits per heavy atom. The van der Waals surface area contributed by atoms with Crippen molar-refractivity contribution < 1.29 is 31.5 Å². The molecule has 0 spiro atoms. The SMILES string of the molecule is O=C(NCc1ccc(-c2ccccc2C(F)(F)F)cc1)C(=O)Nc1c[nH]c2cc(F)c(F)cc12. The molecule has 0 saturated heterocycles. The highest BCUT2D eigenvalue weighted by atomic mass is 19.4. The van der Waals surface area contributed by atoms with E-state index < -0.39 is 35.2 Å². The Morgan fingerprint density at radius 3 is 2.26 bits per heavy atom. The average molecular weight is 473 g/mol. The number of hydrogen-bond donors (Lipinski definition) is 3. The van der Waals surface area contributed by atoms with Crippen LogP contribution < -0.4 is 10.6 Å². The Labute approximate surface area is 189 Å². The van der Waals surface area contributed by atoms with Gasteiger partial charge in [0.1, 0.15) is 0 Å². The Balaban J connectivity index is 1.40. The van der Waals surface area contributed by atoms with E-state index in [0.717, 1.165) is 18.2 Å². The van der Waals surface area contributed by atoms with Crippen LogP contribution >= 0.6 is 0 Å². The van der Waals surface area contributed by atoms with Gasteiger partial charge < -0.3 is 15.6 Å². The number of H-pyrrole nitrogens is 1. The summed E-state index contributed by atoms with van der Waals surface area (Å²) in [5.74, 6) is -4.17. The zero-order valence-corrected chi connectivity index (χ0v) is 17.3. The van der Waals surface area contributed by atoms with Gasteiger partial charge in [0.05, 0.1) is 16.8 Å². The van der Waals surface area contributed by atoms with E-state index >= 15 is 0 Å². The Bertz CT molecular complexity index is 1380. The standard InChI is InChI=1S/C24H16F5N3O2/c25-18-9-16-20(10-19(18)26)30-12-21(16)32-23(34)22(33)31-11-13-5-7-14(8-6-13)15-3-1-2-4-17(15)24(27,28)29/h1-10,12,30H,11H2,(H,31,33)(H,32,34). The number of carbonyl (C=O) groups excluding carboxylic acids is 2. The van der Waals surface area contributed by atoms with Gasteiger partial charge in [0, 0.05) is 24.2 Å². The van der Waals surface area contributed by atoms with Crippen LogP contribution in [0.5, 0.6) is 0 Å². The normalized spacial score (nSPS) is 11.4. The summed E-state index contributed by atoms with van der Waals surface area (Å²) in [5.41, 5.74) is 0.513. The lowest BCUT2D eigenvalue weighted by molar-refractivity contribution is -0.137. The summed E-state index contributed by atoms with van der Waals surface area (Å²) >= 11 is 0. The van der Waals surface area contributed by atoms with Crippen LogP contribution in [0.1, 0.15) is 11.1 Å². The molecule has 4 rings (SSSR count). The minimum absolute atomic E-state index is 0.0278. The summed E-state index contributed by atoms with van der Waals surface area (Å²) < 4.78 is 66.5. The minimum atomic E-state index is -4.50. The van der Waals surface area contributed by atoms with Crippen molar-refractivity contribution in [1.82, 2.24) is 10.3 Å². The van der Waals surface area contributed by atoms with Crippen LogP contribution in [0.25, 0.3) is 22.0 Å². The molecular weight excluding hydrogens is 457 g/mol. The first-order valence-electron chi connectivity index (χ1n) is 9.94. The van der Waals surface area contributed by atoms with Crippen molar-refractivity contribution in [2.75, 3.05) is 5.32 Å². The van der Waals surface area contributed by atoms with Gasteiger partial charge in [-0.05, 0) is 28.8 Å². The molecule has 174 valence electrons. The molecule has 5 nitrogen and oxygen atoms in total. The lowest BCUT2D eigenvalue weighted by Crippen LogP contribution is -2.34. The van der Waals surface area contributed by atoms with Gasteiger partial charge in [0.2, 0.25) is 0 Å². The van der Waals surface area contributed by atoms with Crippen LogP contribution in [0.2, 0.25) is 0 Å². The topological polar surface area (TPSA) is 74.0 Å². The maximum Gasteiger partial charge on any atom is 0.417 e. The highest BCUT2D eigenvalue weighted by Gasteiger charge is 2.33. The van der Waals surface area contributed by atoms with E-state index in [2.05, 4.69) is 15.6 Å². The lowest BCUT2D eigenvalue weighted by Gasteiger charge is -2.13. The van der Waals surface area contributed by atoms with E-state index in [0.29, 0.717) is 11.1 Å². The van der Waals surface area contributed by atoms with E-state index in [-0.39, 0.29) is 28.7 Å². The first-order chi connectivity index (χ1) is 16.1. The third kappa shape index (κ3) is 4.75. The second-order valence-corrected chi connectivity index (χ2v) is 7.39. The average Bonchev–Trinajstić information content (AvgIpc) is 3.18. The van der Waals surface area contributed by atoms with E-state index in [4.69, 9.17) is 0 Å². The number of fused-ring (bicyclic) bond motifs is 1. The van der Waals surface area contributed by atoms with Gasteiger partial charge in [0.15, 0.2) is 11.6 Å². The molecule has 0 saturated carbocycles. The minimum Gasteiger partial charge on any atom is -0.359 e. The molecule has 1 aromatic heterocycles. The molecule has 34 heavy (non-hydrogen) atoms. The zero-order valence-electron chi connectivity index (χ0n) is 17.3. The summed E-state index contributed by atoms with van der Waals surface area (Å²) in [7, 11) is 0. The number of rotatable bonds is 4. The monoisotopic (exact) mass is 473 g/mol. The van der Waals surface area contributed by atoms with E-state index in [9.17, 15) is 31.5 Å². The van der Waals surface area contributed by atoms with Crippen LogP contribution in [0, 0.1) is 11.6 Å². The second-order valence-electron chi connectivity index (χ2n) is 7.39. The fourth-order valence-corrected chi connectivity index (χ4v) is 3.45. The van der Waals surface area contributed by atoms with Gasteiger partial charge in [-0.2, -0.15) is 13.2 Å². The van der Waals surface area contributed by atoms with E-state index in [1.807, 2.05) is 0 Å². The summed E-state index contributed by atoms with van der Waals surface area (Å²) in [6, 6.07) is 13.1. The maximum atomic E-state index is 13.5. The Kier molecular flexibility index (Phi) is 6.06. The zero-order chi connectivity index (χ0) is 24.5. The van der Waals surface area contributed by atoms with Crippen molar-refractivity contribution in [3.63, 3.8) is 0 Å². The van der Waals surface area contributed by atoms with Crippen molar-refractivity contribution in [3.05, 3.63) is 89.6 Å². The molecule has 2 amide bonds. The molecule has 0 fully saturated rings. The van der Waals surface area contributed by atoms with Crippen molar-refractivity contribution >= 4 is 28.4 Å². The van der Waals surface area contributed by atoms with Crippen LogP contribution in [0.3, 0.4) is 0 Å². The number of nitrogens with one attached hydrogen (secondary N) is 3. The molecule has 0 radical (unpaired) electrons. The van der Waals surface area contributed by atoms with Crippen molar-refractivity contribution in [2.24, 2.45) is 0 Å².